The van der Waals surface area contributed by atoms with E-state index in [1.54, 1.807) is 0 Å². The predicted octanol–water partition coefficient (Wildman–Crippen LogP) is 4.26. The van der Waals surface area contributed by atoms with E-state index in [4.69, 9.17) is 0 Å². The molecule has 0 spiro atoms. The van der Waals surface area contributed by atoms with Crippen LogP contribution >= 0.6 is 11.3 Å². The fourth-order valence-electron chi connectivity index (χ4n) is 3.91. The number of carbonyl (C=O) groups is 3. The number of aromatic nitrogens is 1. The van der Waals surface area contributed by atoms with E-state index in [0.717, 1.165) is 40.1 Å². The molecule has 1 aliphatic rings. The van der Waals surface area contributed by atoms with Crippen molar-refractivity contribution in [2.24, 2.45) is 0 Å². The predicted molar refractivity (Wildman–Crippen MR) is 118 cm³/mol. The third-order valence-corrected chi connectivity index (χ3v) is 6.08. The van der Waals surface area contributed by atoms with Crippen LogP contribution in [0.15, 0.2) is 23.6 Å². The molecule has 1 aromatic heterocycles. The molecule has 0 bridgehead atoms. The lowest BCUT2D eigenvalue weighted by atomic mass is 9.88. The van der Waals surface area contributed by atoms with Crippen molar-refractivity contribution < 1.29 is 14.4 Å². The van der Waals surface area contributed by atoms with Crippen molar-refractivity contribution in [3.8, 4) is 11.3 Å². The molecule has 3 rings (SSSR count). The molecule has 30 heavy (non-hydrogen) atoms. The van der Waals surface area contributed by atoms with E-state index in [2.05, 4.69) is 21.7 Å². The highest BCUT2D eigenvalue weighted by Crippen LogP contribution is 2.29. The molecule has 4 amide bonds. The molecule has 2 N–H and O–H groups in total. The average Bonchev–Trinajstić information content (AvgIpc) is 3.23. The van der Waals surface area contributed by atoms with Crippen LogP contribution in [0.3, 0.4) is 0 Å². The van der Waals surface area contributed by atoms with Crippen LogP contribution in [0.5, 0.6) is 0 Å². The highest BCUT2D eigenvalue weighted by atomic mass is 32.1. The first kappa shape index (κ1) is 22.0. The van der Waals surface area contributed by atoms with Crippen LogP contribution in [-0.2, 0) is 9.59 Å². The van der Waals surface area contributed by atoms with Gasteiger partial charge in [0.15, 0.2) is 5.13 Å². The Morgan fingerprint density at radius 3 is 2.57 bits per heavy atom. The lowest BCUT2D eigenvalue weighted by Crippen LogP contribution is -2.47. The van der Waals surface area contributed by atoms with Gasteiger partial charge >= 0.3 is 6.03 Å². The number of nitrogens with zero attached hydrogens (tertiary/aromatic N) is 2. The smallest absolute Gasteiger partial charge is 0.323 e. The monoisotopic (exact) mass is 428 g/mol. The molecule has 0 unspecified atom stereocenters. The largest absolute Gasteiger partial charge is 0.325 e. The summed E-state index contributed by atoms with van der Waals surface area (Å²) in [7, 11) is 0. The fourth-order valence-corrected chi connectivity index (χ4v) is 4.63. The molecular weight excluding hydrogens is 400 g/mol. The zero-order valence-corrected chi connectivity index (χ0v) is 18.7. The molecule has 0 radical (unpaired) electrons. The van der Waals surface area contributed by atoms with Gasteiger partial charge in [-0.25, -0.2) is 9.78 Å². The van der Waals surface area contributed by atoms with E-state index in [0.29, 0.717) is 18.0 Å². The SMILES string of the molecule is CCCC1(CCC)NC(=O)N(CC(=O)Nc2nc(-c3cc(C)ccc3C)cs2)C1=O. The number of thiazole rings is 1. The zero-order chi connectivity index (χ0) is 21.9. The summed E-state index contributed by atoms with van der Waals surface area (Å²) < 4.78 is 0. The van der Waals surface area contributed by atoms with Crippen molar-refractivity contribution in [3.05, 3.63) is 34.7 Å². The van der Waals surface area contributed by atoms with Crippen LogP contribution in [0.25, 0.3) is 11.3 Å². The summed E-state index contributed by atoms with van der Waals surface area (Å²) in [6.45, 7) is 7.67. The van der Waals surface area contributed by atoms with Gasteiger partial charge in [0, 0.05) is 10.9 Å². The summed E-state index contributed by atoms with van der Waals surface area (Å²) in [4.78, 5) is 43.4. The van der Waals surface area contributed by atoms with Gasteiger partial charge in [-0.2, -0.15) is 0 Å². The Bertz CT molecular complexity index is 963. The van der Waals surface area contributed by atoms with Crippen molar-refractivity contribution in [1.82, 2.24) is 15.2 Å². The third-order valence-electron chi connectivity index (χ3n) is 5.32. The maximum Gasteiger partial charge on any atom is 0.325 e. The van der Waals surface area contributed by atoms with Crippen molar-refractivity contribution in [1.29, 1.82) is 0 Å². The van der Waals surface area contributed by atoms with Crippen LogP contribution < -0.4 is 10.6 Å². The van der Waals surface area contributed by atoms with Gasteiger partial charge in [-0.3, -0.25) is 14.5 Å². The first-order valence-electron chi connectivity index (χ1n) is 10.3. The summed E-state index contributed by atoms with van der Waals surface area (Å²) in [5.74, 6) is -0.759. The Balaban J connectivity index is 1.69. The van der Waals surface area contributed by atoms with Crippen LogP contribution in [0, 0.1) is 13.8 Å². The quantitative estimate of drug-likeness (QED) is 0.615. The molecule has 1 saturated heterocycles. The second-order valence-electron chi connectivity index (χ2n) is 7.81. The molecule has 1 fully saturated rings. The number of hydrogen-bond acceptors (Lipinski definition) is 5. The van der Waals surface area contributed by atoms with Gasteiger partial charge in [0.2, 0.25) is 5.91 Å². The molecule has 0 saturated carbocycles. The molecule has 1 aliphatic heterocycles. The van der Waals surface area contributed by atoms with Gasteiger partial charge in [0.1, 0.15) is 12.1 Å². The highest BCUT2D eigenvalue weighted by molar-refractivity contribution is 7.14. The molecule has 2 heterocycles. The fraction of sp³-hybridized carbons (Fsp3) is 0.455. The molecule has 2 aromatic rings. The number of benzene rings is 1. The van der Waals surface area contributed by atoms with E-state index in [1.165, 1.54) is 11.3 Å². The first-order chi connectivity index (χ1) is 14.3. The van der Waals surface area contributed by atoms with E-state index in [-0.39, 0.29) is 12.5 Å². The summed E-state index contributed by atoms with van der Waals surface area (Å²) in [6.07, 6.45) is 2.67. The number of aryl methyl sites for hydroxylation is 2. The summed E-state index contributed by atoms with van der Waals surface area (Å²) in [5.41, 5.74) is 3.15. The maximum atomic E-state index is 12.9. The second-order valence-corrected chi connectivity index (χ2v) is 8.67. The molecule has 7 nitrogen and oxygen atoms in total. The number of carbonyl (C=O) groups excluding carboxylic acids is 3. The molecule has 0 atom stereocenters. The summed E-state index contributed by atoms with van der Waals surface area (Å²) in [5, 5.41) is 7.87. The Labute approximate surface area is 180 Å². The van der Waals surface area contributed by atoms with Crippen LogP contribution in [0.2, 0.25) is 0 Å². The Morgan fingerprint density at radius 1 is 1.20 bits per heavy atom. The third kappa shape index (κ3) is 4.38. The average molecular weight is 429 g/mol. The Hall–Kier alpha value is -2.74. The van der Waals surface area contributed by atoms with E-state index < -0.39 is 17.5 Å². The normalized spacial score (nSPS) is 15.4. The number of anilines is 1. The number of rotatable bonds is 8. The minimum Gasteiger partial charge on any atom is -0.323 e. The standard InChI is InChI=1S/C22H28N4O3S/c1-5-9-22(10-6-2)19(28)26(21(29)25-22)12-18(27)24-20-23-17(13-30-20)16-11-14(3)7-8-15(16)4/h7-8,11,13H,5-6,9-10,12H2,1-4H3,(H,25,29)(H,23,24,27). The lowest BCUT2D eigenvalue weighted by Gasteiger charge is -2.25. The van der Waals surface area contributed by atoms with Crippen LogP contribution in [-0.4, -0.2) is 39.8 Å². The van der Waals surface area contributed by atoms with E-state index in [9.17, 15) is 14.4 Å². The zero-order valence-electron chi connectivity index (χ0n) is 17.9. The molecule has 8 heteroatoms. The summed E-state index contributed by atoms with van der Waals surface area (Å²) >= 11 is 1.32. The second kappa shape index (κ2) is 8.95. The van der Waals surface area contributed by atoms with Gasteiger partial charge < -0.3 is 10.6 Å². The van der Waals surface area contributed by atoms with Gasteiger partial charge in [0.25, 0.3) is 5.91 Å². The number of urea groups is 1. The number of hydrogen-bond donors (Lipinski definition) is 2. The van der Waals surface area contributed by atoms with Gasteiger partial charge in [-0.05, 0) is 38.3 Å². The minimum atomic E-state index is -0.891. The van der Waals surface area contributed by atoms with Crippen LogP contribution in [0.1, 0.15) is 50.7 Å². The summed E-state index contributed by atoms with van der Waals surface area (Å²) in [6, 6.07) is 5.64. The topological polar surface area (TPSA) is 91.4 Å². The molecule has 0 aliphatic carbocycles. The first-order valence-corrected chi connectivity index (χ1v) is 11.1. The van der Waals surface area contributed by atoms with Crippen molar-refractivity contribution in [3.63, 3.8) is 0 Å². The molecule has 160 valence electrons. The number of nitrogens with one attached hydrogen (secondary N) is 2. The number of imide groups is 1. The van der Waals surface area contributed by atoms with Crippen molar-refractivity contribution >= 4 is 34.3 Å². The van der Waals surface area contributed by atoms with Gasteiger partial charge in [-0.1, -0.05) is 44.4 Å². The minimum absolute atomic E-state index is 0.318. The number of amides is 4. The van der Waals surface area contributed by atoms with Gasteiger partial charge in [-0.15, -0.1) is 11.3 Å². The van der Waals surface area contributed by atoms with Crippen molar-refractivity contribution in [2.75, 3.05) is 11.9 Å². The molecule has 1 aromatic carbocycles. The Kier molecular flexibility index (Phi) is 6.55. The highest BCUT2D eigenvalue weighted by Gasteiger charge is 2.50. The van der Waals surface area contributed by atoms with Crippen LogP contribution in [0.4, 0.5) is 9.93 Å². The van der Waals surface area contributed by atoms with Crippen molar-refractivity contribution in [2.45, 2.75) is 58.9 Å². The van der Waals surface area contributed by atoms with E-state index in [1.807, 2.05) is 45.2 Å². The Morgan fingerprint density at radius 2 is 1.90 bits per heavy atom. The van der Waals surface area contributed by atoms with Gasteiger partial charge in [0.05, 0.1) is 5.69 Å². The van der Waals surface area contributed by atoms with E-state index >= 15 is 0 Å². The maximum absolute atomic E-state index is 12.9. The molecular formula is C22H28N4O3S. The lowest BCUT2D eigenvalue weighted by molar-refractivity contribution is -0.134.